The smallest absolute Gasteiger partial charge is 0.474 e. The van der Waals surface area contributed by atoms with Crippen LogP contribution in [-0.2, 0) is 109 Å². The molecule has 7 aliphatic heterocycles. The second-order valence-electron chi connectivity index (χ2n) is 30.8. The lowest BCUT2D eigenvalue weighted by molar-refractivity contribution is -0.375. The first-order chi connectivity index (χ1) is 58.8. The maximum Gasteiger partial charge on any atom is 0.474 e. The van der Waals surface area contributed by atoms with E-state index in [0.717, 1.165) is 60.0 Å². The molecular weight excluding hydrogens is 1670 g/mol. The Morgan fingerprint density at radius 2 is 1.17 bits per heavy atom. The number of aliphatic hydroxyl groups is 10. The van der Waals surface area contributed by atoms with Crippen LogP contribution in [0.3, 0.4) is 0 Å². The number of carboxylic acid groups (broad SMARTS) is 1. The number of fused-ring (bicyclic) bond motifs is 6. The van der Waals surface area contributed by atoms with Crippen LogP contribution in [0.1, 0.15) is 92.6 Å². The summed E-state index contributed by atoms with van der Waals surface area (Å²) in [6, 6.07) is 12.0. The molecule has 5 saturated heterocycles. The molecule has 27 atom stereocenters. The van der Waals surface area contributed by atoms with Crippen LogP contribution in [-0.4, -0.2) is 365 Å². The molecular formula is C77H114N9O37P. The highest BCUT2D eigenvalue weighted by atomic mass is 31.2. The topological polar surface area (TPSA) is 678 Å². The van der Waals surface area contributed by atoms with Gasteiger partial charge in [0.1, 0.15) is 108 Å². The highest BCUT2D eigenvalue weighted by Crippen LogP contribution is 2.59. The van der Waals surface area contributed by atoms with Crippen molar-refractivity contribution in [1.82, 2.24) is 20.9 Å². The maximum absolute atomic E-state index is 14.7. The first-order valence-corrected chi connectivity index (χ1v) is 41.8. The van der Waals surface area contributed by atoms with Crippen molar-refractivity contribution in [3.63, 3.8) is 0 Å². The van der Waals surface area contributed by atoms with Gasteiger partial charge in [0.25, 0.3) is 5.91 Å². The number of aliphatic hydroxyl groups excluding tert-OH is 9. The molecule has 47 heteroatoms. The second kappa shape index (κ2) is 43.4. The van der Waals surface area contributed by atoms with E-state index in [0.29, 0.717) is 62.7 Å². The first-order valence-electron chi connectivity index (χ1n) is 40.3. The zero-order valence-electron chi connectivity index (χ0n) is 69.3. The fourth-order valence-corrected chi connectivity index (χ4v) is 16.7. The van der Waals surface area contributed by atoms with Gasteiger partial charge in [0.2, 0.25) is 23.6 Å². The molecule has 3 aromatic carbocycles. The fraction of sp³-hybridized carbons (Fsp3) is 0.675. The summed E-state index contributed by atoms with van der Waals surface area (Å²) >= 11 is 0. The van der Waals surface area contributed by atoms with Crippen molar-refractivity contribution in [2.24, 2.45) is 17.2 Å². The number of amides is 6. The van der Waals surface area contributed by atoms with Gasteiger partial charge in [-0.25, -0.2) is 14.2 Å². The first kappa shape index (κ1) is 98.5. The van der Waals surface area contributed by atoms with Crippen LogP contribution in [0.15, 0.2) is 48.5 Å². The lowest BCUT2D eigenvalue weighted by Crippen LogP contribution is -2.72. The molecule has 0 saturated carbocycles. The van der Waals surface area contributed by atoms with Crippen LogP contribution >= 0.6 is 7.82 Å². The predicted octanol–water partition coefficient (Wildman–Crippen LogP) is -5.07. The SMILES string of the molecule is CCNc1cc2c(cc1C)C1(c3cc(C)c(NCC)cc3O2)c2ccccc2C(=O)N1CCCOCCOCCOCCCNCCO[C@H](COP(=O)(O)O[C@H]1O[C@H](C(N)=O)[C@@](C)(O)[C@H](OC(N)=O)[C@H]1O[C@@H]1O[C@H](CO[C@@H]2O[C@H](CO)[C@@H](O)[C@H](O)[C@H]2O)[C@@H](O[C@@H]2O[C@H](C)[C@@H](O[C@@H]3O[C@H](C(N)=O)[C@H](O)[C@H](O)[C@H]3O)[C@H](O)[C@H]2NC(C)=O)[C@@H](O)[C@H]1NC(C)=O)C(=O)O. The van der Waals surface area contributed by atoms with Crippen LogP contribution < -0.4 is 48.5 Å². The Morgan fingerprint density at radius 1 is 0.621 bits per heavy atom. The van der Waals surface area contributed by atoms with Gasteiger partial charge >= 0.3 is 19.9 Å². The molecule has 0 radical (unpaired) electrons. The van der Waals surface area contributed by atoms with E-state index in [4.69, 9.17) is 97.3 Å². The number of benzene rings is 3. The Hall–Kier alpha value is -7.70. The van der Waals surface area contributed by atoms with Gasteiger partial charge in [-0.3, -0.25) is 33.0 Å². The number of nitrogens with one attached hydrogen (secondary N) is 5. The Morgan fingerprint density at radius 3 is 1.74 bits per heavy atom. The van der Waals surface area contributed by atoms with Crippen molar-refractivity contribution in [3.8, 4) is 11.5 Å². The lowest BCUT2D eigenvalue weighted by Gasteiger charge is -2.52. The molecule has 5 fully saturated rings. The summed E-state index contributed by atoms with van der Waals surface area (Å²) in [5.41, 5.74) is 19.6. The third-order valence-corrected chi connectivity index (χ3v) is 22.8. The van der Waals surface area contributed by atoms with Crippen molar-refractivity contribution in [1.29, 1.82) is 0 Å². The number of carbonyl (C=O) groups excluding carboxylic acids is 6. The molecule has 7 aliphatic rings. The van der Waals surface area contributed by atoms with E-state index >= 15 is 0 Å². The van der Waals surface area contributed by atoms with Gasteiger partial charge in [-0.1, -0.05) is 18.2 Å². The number of phosphoric acid groups is 1. The minimum Gasteiger partial charge on any atom is -0.479 e. The van der Waals surface area contributed by atoms with Crippen LogP contribution in [0.25, 0.3) is 0 Å². The van der Waals surface area contributed by atoms with Gasteiger partial charge in [-0.15, -0.1) is 0 Å². The highest BCUT2D eigenvalue weighted by molar-refractivity contribution is 7.47. The van der Waals surface area contributed by atoms with Crippen molar-refractivity contribution in [3.05, 3.63) is 81.9 Å². The number of phosphoric ester groups is 1. The van der Waals surface area contributed by atoms with Gasteiger partial charge in [0.05, 0.1) is 59.0 Å². The molecule has 0 aliphatic carbocycles. The Kier molecular flexibility index (Phi) is 34.5. The third kappa shape index (κ3) is 22.5. The summed E-state index contributed by atoms with van der Waals surface area (Å²) in [5, 5.41) is 136. The maximum atomic E-state index is 14.7. The summed E-state index contributed by atoms with van der Waals surface area (Å²) in [4.78, 5) is 105. The zero-order valence-corrected chi connectivity index (χ0v) is 70.2. The molecule has 1 unspecified atom stereocenters. The molecule has 0 bridgehead atoms. The normalized spacial score (nSPS) is 32.6. The second-order valence-corrected chi connectivity index (χ2v) is 32.2. The van der Waals surface area contributed by atoms with Crippen LogP contribution in [0.5, 0.6) is 11.5 Å². The number of anilines is 2. The van der Waals surface area contributed by atoms with Gasteiger partial charge in [0, 0.05) is 93.4 Å². The Labute approximate surface area is 711 Å². The summed E-state index contributed by atoms with van der Waals surface area (Å²) in [6.45, 7) is 12.2. The van der Waals surface area contributed by atoms with Gasteiger partial charge < -0.3 is 181 Å². The molecule has 10 rings (SSSR count). The van der Waals surface area contributed by atoms with E-state index in [-0.39, 0.29) is 52.1 Å². The number of primary amides is 3. The number of carboxylic acids is 1. The number of nitrogens with zero attached hydrogens (tertiary/aromatic N) is 1. The number of hydrogen-bond donors (Lipinski definition) is 20. The van der Waals surface area contributed by atoms with Crippen LogP contribution in [0.4, 0.5) is 16.2 Å². The predicted molar refractivity (Wildman–Crippen MR) is 420 cm³/mol. The number of carbonyl (C=O) groups is 7. The van der Waals surface area contributed by atoms with E-state index in [2.05, 4.69) is 38.7 Å². The van der Waals surface area contributed by atoms with Crippen molar-refractivity contribution < 1.29 is 179 Å². The summed E-state index contributed by atoms with van der Waals surface area (Å²) < 4.78 is 113. The van der Waals surface area contributed by atoms with Crippen LogP contribution in [0.2, 0.25) is 0 Å². The standard InChI is InChI=1S/C77H114N9O37P/c1-9-82-43-29-45-41(27-34(43)3)77(42-28-35(4)44(83-10-2)30-46(42)114-45)40-16-12-11-15-39(40)68(100)86(77)19-14-21-108-24-26-109-25-23-107-20-13-17-81-18-22-110-49(69(101)102)33-112-124(105,106)123-74-63(64(122-75(80)103)76(8,104)65(121-74)67(79)99)120-71-51(85-38(7)89)54(92)61(48(116-71)32-111-72-58(96)55(93)52(90)47(31-87)115-72)118-70-50(84-37(6)88)53(91)60(36(5)113-70)117-73-59(97)56(94)57(95)62(119-73)66(78)98/h11-12,15-16,27-30,36,47-65,70-74,81-83,87,90-97,104H,9-10,13-14,17-26,31-33H2,1-8H3,(H2,78,98)(H2,79,99)(H2,80,103)(H,84,88)(H,85,89)(H,101,102)(H,105,106)/t36-,47-,48-,49-,50-,51-,52-,53-,54+,55+,56+,57-,58-,59-,60-,61-,62+,63-,64-,65-,70+,71+,72-,73-,74-,76+/m1/s1. The third-order valence-electron chi connectivity index (χ3n) is 21.8. The molecule has 124 heavy (non-hydrogen) atoms. The molecule has 3 aromatic rings. The van der Waals surface area contributed by atoms with E-state index in [9.17, 15) is 99.2 Å². The highest BCUT2D eigenvalue weighted by Gasteiger charge is 2.63. The monoisotopic (exact) mass is 1790 g/mol. The van der Waals surface area contributed by atoms with Crippen LogP contribution in [0, 0.1) is 13.8 Å². The number of nitrogens with two attached hydrogens (primary N) is 3. The minimum absolute atomic E-state index is 0.0281. The largest absolute Gasteiger partial charge is 0.479 e. The molecule has 7 heterocycles. The summed E-state index contributed by atoms with van der Waals surface area (Å²) in [5.74, 6) is -5.28. The molecule has 694 valence electrons. The Bertz CT molecular complexity index is 4140. The zero-order chi connectivity index (χ0) is 90.6. The van der Waals surface area contributed by atoms with Crippen molar-refractivity contribution >= 4 is 60.8 Å². The number of aliphatic carboxylic acids is 1. The molecule has 23 N–H and O–H groups in total. The summed E-state index contributed by atoms with van der Waals surface area (Å²) in [6.07, 6.45) is -49.0. The molecule has 46 nitrogen and oxygen atoms in total. The average molecular weight is 1790 g/mol. The van der Waals surface area contributed by atoms with Gasteiger partial charge in [-0.05, 0) is 95.8 Å². The fourth-order valence-electron chi connectivity index (χ4n) is 15.8. The quantitative estimate of drug-likeness (QED) is 0.0186. The number of aryl methyl sites for hydroxylation is 2. The lowest BCUT2D eigenvalue weighted by atomic mass is 9.73. The van der Waals surface area contributed by atoms with E-state index in [1.807, 2.05) is 69.0 Å². The molecule has 6 amide bonds. The van der Waals surface area contributed by atoms with Gasteiger partial charge in [-0.2, -0.15) is 0 Å². The molecule has 1 spiro atoms. The summed E-state index contributed by atoms with van der Waals surface area (Å²) in [7, 11) is -5.86. The van der Waals surface area contributed by atoms with Crippen molar-refractivity contribution in [2.45, 2.75) is 233 Å². The minimum atomic E-state index is -5.86. The van der Waals surface area contributed by atoms with Crippen molar-refractivity contribution in [2.75, 3.05) is 109 Å². The van der Waals surface area contributed by atoms with Gasteiger partial charge in [0.15, 0.2) is 62.0 Å². The average Bonchev–Trinajstić information content (AvgIpc) is 1.49. The van der Waals surface area contributed by atoms with E-state index in [1.165, 1.54) is 6.92 Å². The Balaban J connectivity index is 0.730. The van der Waals surface area contributed by atoms with E-state index < -0.39 is 228 Å². The van der Waals surface area contributed by atoms with E-state index in [1.54, 1.807) is 0 Å². The number of ether oxygens (including phenoxy) is 15. The number of hydrogen-bond acceptors (Lipinski definition) is 38. The molecule has 0 aromatic heterocycles. The number of rotatable bonds is 43.